The Morgan fingerprint density at radius 2 is 1.84 bits per heavy atom. The maximum Gasteiger partial charge on any atom is 0.227 e. The zero-order valence-corrected chi connectivity index (χ0v) is 12.1. The fourth-order valence-corrected chi connectivity index (χ4v) is 2.09. The van der Waals surface area contributed by atoms with Gasteiger partial charge in [0.2, 0.25) is 5.91 Å². The van der Waals surface area contributed by atoms with E-state index in [0.29, 0.717) is 12.0 Å². The summed E-state index contributed by atoms with van der Waals surface area (Å²) < 4.78 is 0. The molecule has 0 aromatic heterocycles. The van der Waals surface area contributed by atoms with E-state index in [4.69, 9.17) is 0 Å². The van der Waals surface area contributed by atoms with E-state index < -0.39 is 0 Å². The molecule has 0 bridgehead atoms. The summed E-state index contributed by atoms with van der Waals surface area (Å²) >= 11 is 0. The average molecular weight is 260 g/mol. The van der Waals surface area contributed by atoms with Crippen LogP contribution in [0.3, 0.4) is 0 Å². The average Bonchev–Trinajstić information content (AvgIpc) is 3.21. The third-order valence-corrected chi connectivity index (χ3v) is 3.68. The minimum Gasteiger partial charge on any atom is -0.326 e. The van der Waals surface area contributed by atoms with Gasteiger partial charge in [0, 0.05) is 24.2 Å². The lowest BCUT2D eigenvalue weighted by Gasteiger charge is -2.12. The maximum atomic E-state index is 12.0. The molecular formula is C16H24N2O. The lowest BCUT2D eigenvalue weighted by atomic mass is 10.1. The van der Waals surface area contributed by atoms with Crippen molar-refractivity contribution in [2.45, 2.75) is 46.2 Å². The highest BCUT2D eigenvalue weighted by molar-refractivity contribution is 5.92. The molecule has 0 radical (unpaired) electrons. The molecule has 3 heteroatoms. The molecule has 0 aliphatic heterocycles. The second-order valence-corrected chi connectivity index (χ2v) is 5.85. The van der Waals surface area contributed by atoms with E-state index in [1.807, 2.05) is 19.1 Å². The molecule has 0 heterocycles. The first-order chi connectivity index (χ1) is 9.06. The van der Waals surface area contributed by atoms with Gasteiger partial charge in [0.15, 0.2) is 0 Å². The van der Waals surface area contributed by atoms with Gasteiger partial charge in [0.1, 0.15) is 0 Å². The largest absolute Gasteiger partial charge is 0.326 e. The van der Waals surface area contributed by atoms with Crippen LogP contribution in [0.25, 0.3) is 0 Å². The van der Waals surface area contributed by atoms with Crippen LogP contribution in [-0.2, 0) is 11.3 Å². The Hall–Kier alpha value is -1.35. The van der Waals surface area contributed by atoms with Crippen LogP contribution in [0.1, 0.15) is 39.2 Å². The zero-order valence-electron chi connectivity index (χ0n) is 12.1. The first kappa shape index (κ1) is 14.1. The van der Waals surface area contributed by atoms with Gasteiger partial charge in [0.05, 0.1) is 0 Å². The number of amides is 1. The van der Waals surface area contributed by atoms with Crippen molar-refractivity contribution in [1.29, 1.82) is 0 Å². The van der Waals surface area contributed by atoms with E-state index in [2.05, 4.69) is 36.6 Å². The Balaban J connectivity index is 1.85. The molecule has 1 amide bonds. The summed E-state index contributed by atoms with van der Waals surface area (Å²) in [6.45, 7) is 7.15. The Labute approximate surface area is 115 Å². The summed E-state index contributed by atoms with van der Waals surface area (Å²) in [6, 6.07) is 8.57. The molecule has 104 valence electrons. The molecular weight excluding hydrogens is 236 g/mol. The van der Waals surface area contributed by atoms with Gasteiger partial charge in [0.25, 0.3) is 0 Å². The predicted molar refractivity (Wildman–Crippen MR) is 78.9 cm³/mol. The fourth-order valence-electron chi connectivity index (χ4n) is 2.09. The molecule has 1 saturated carbocycles. The SMILES string of the molecule is CC(C)NCc1ccc(NC(=O)C(C)C2CC2)cc1. The number of benzene rings is 1. The summed E-state index contributed by atoms with van der Waals surface area (Å²) in [5.41, 5.74) is 2.13. The van der Waals surface area contributed by atoms with E-state index in [-0.39, 0.29) is 11.8 Å². The predicted octanol–water partition coefficient (Wildman–Crippen LogP) is 3.17. The van der Waals surface area contributed by atoms with Gasteiger partial charge >= 0.3 is 0 Å². The van der Waals surface area contributed by atoms with Crippen LogP contribution in [0.2, 0.25) is 0 Å². The molecule has 19 heavy (non-hydrogen) atoms. The van der Waals surface area contributed by atoms with Crippen LogP contribution >= 0.6 is 0 Å². The van der Waals surface area contributed by atoms with Crippen molar-refractivity contribution in [1.82, 2.24) is 5.32 Å². The third kappa shape index (κ3) is 4.35. The molecule has 1 aromatic rings. The van der Waals surface area contributed by atoms with Gasteiger partial charge in [-0.1, -0.05) is 32.9 Å². The molecule has 0 saturated heterocycles. The smallest absolute Gasteiger partial charge is 0.227 e. The van der Waals surface area contributed by atoms with Crippen molar-refractivity contribution in [3.05, 3.63) is 29.8 Å². The first-order valence-electron chi connectivity index (χ1n) is 7.19. The minimum atomic E-state index is 0.141. The van der Waals surface area contributed by atoms with Gasteiger partial charge in [-0.3, -0.25) is 4.79 Å². The van der Waals surface area contributed by atoms with Gasteiger partial charge in [-0.15, -0.1) is 0 Å². The number of carbonyl (C=O) groups excluding carboxylic acids is 1. The summed E-state index contributed by atoms with van der Waals surface area (Å²) in [5, 5.41) is 6.37. The van der Waals surface area contributed by atoms with Crippen molar-refractivity contribution >= 4 is 11.6 Å². The van der Waals surface area contributed by atoms with Gasteiger partial charge in [-0.25, -0.2) is 0 Å². The highest BCUT2D eigenvalue weighted by Crippen LogP contribution is 2.37. The van der Waals surface area contributed by atoms with E-state index in [9.17, 15) is 4.79 Å². The molecule has 1 unspecified atom stereocenters. The minimum absolute atomic E-state index is 0.141. The summed E-state index contributed by atoms with van der Waals surface area (Å²) in [7, 11) is 0. The monoisotopic (exact) mass is 260 g/mol. The van der Waals surface area contributed by atoms with Crippen molar-refractivity contribution in [2.75, 3.05) is 5.32 Å². The van der Waals surface area contributed by atoms with Crippen LogP contribution in [0.5, 0.6) is 0 Å². The van der Waals surface area contributed by atoms with Crippen LogP contribution in [0.4, 0.5) is 5.69 Å². The lowest BCUT2D eigenvalue weighted by Crippen LogP contribution is -2.22. The normalized spacial score (nSPS) is 16.4. The lowest BCUT2D eigenvalue weighted by molar-refractivity contribution is -0.119. The second-order valence-electron chi connectivity index (χ2n) is 5.85. The van der Waals surface area contributed by atoms with E-state index in [0.717, 1.165) is 12.2 Å². The molecule has 2 N–H and O–H groups in total. The molecule has 0 spiro atoms. The Bertz CT molecular complexity index is 421. The quantitative estimate of drug-likeness (QED) is 0.825. The molecule has 1 atom stereocenters. The summed E-state index contributed by atoms with van der Waals surface area (Å²) in [6.07, 6.45) is 2.41. The standard InChI is InChI=1S/C16H24N2O/c1-11(2)17-10-13-4-8-15(9-5-13)18-16(19)12(3)14-6-7-14/h4-5,8-9,11-12,14,17H,6-7,10H2,1-3H3,(H,18,19). The number of anilines is 1. The van der Waals surface area contributed by atoms with Crippen LogP contribution < -0.4 is 10.6 Å². The highest BCUT2D eigenvalue weighted by Gasteiger charge is 2.32. The topological polar surface area (TPSA) is 41.1 Å². The molecule has 1 fully saturated rings. The number of hydrogen-bond donors (Lipinski definition) is 2. The van der Waals surface area contributed by atoms with Crippen molar-refractivity contribution in [3.8, 4) is 0 Å². The molecule has 1 aromatic carbocycles. The molecule has 1 aliphatic carbocycles. The second kappa shape index (κ2) is 6.20. The summed E-state index contributed by atoms with van der Waals surface area (Å²) in [4.78, 5) is 12.0. The number of nitrogens with one attached hydrogen (secondary N) is 2. The van der Waals surface area contributed by atoms with Gasteiger partial charge < -0.3 is 10.6 Å². The number of carbonyl (C=O) groups is 1. The van der Waals surface area contributed by atoms with Gasteiger partial charge in [-0.2, -0.15) is 0 Å². The Morgan fingerprint density at radius 1 is 1.21 bits per heavy atom. The van der Waals surface area contributed by atoms with Crippen molar-refractivity contribution in [2.24, 2.45) is 11.8 Å². The molecule has 2 rings (SSSR count). The Kier molecular flexibility index (Phi) is 4.59. The Morgan fingerprint density at radius 3 is 2.37 bits per heavy atom. The van der Waals surface area contributed by atoms with Crippen LogP contribution in [-0.4, -0.2) is 11.9 Å². The van der Waals surface area contributed by atoms with Crippen LogP contribution in [0.15, 0.2) is 24.3 Å². The highest BCUT2D eigenvalue weighted by atomic mass is 16.1. The summed E-state index contributed by atoms with van der Waals surface area (Å²) in [5.74, 6) is 0.896. The molecule has 1 aliphatic rings. The zero-order chi connectivity index (χ0) is 13.8. The van der Waals surface area contributed by atoms with Crippen molar-refractivity contribution < 1.29 is 4.79 Å². The van der Waals surface area contributed by atoms with Crippen LogP contribution in [0, 0.1) is 11.8 Å². The van der Waals surface area contributed by atoms with E-state index >= 15 is 0 Å². The van der Waals surface area contributed by atoms with E-state index in [1.54, 1.807) is 0 Å². The fraction of sp³-hybridized carbons (Fsp3) is 0.562. The van der Waals surface area contributed by atoms with Crippen molar-refractivity contribution in [3.63, 3.8) is 0 Å². The number of hydrogen-bond acceptors (Lipinski definition) is 2. The molecule has 3 nitrogen and oxygen atoms in total. The van der Waals surface area contributed by atoms with Gasteiger partial charge in [-0.05, 0) is 36.5 Å². The third-order valence-electron chi connectivity index (χ3n) is 3.68. The first-order valence-corrected chi connectivity index (χ1v) is 7.19. The maximum absolute atomic E-state index is 12.0. The number of rotatable bonds is 6. The van der Waals surface area contributed by atoms with E-state index in [1.165, 1.54) is 18.4 Å².